The molecule has 0 spiro atoms. The van der Waals surface area contributed by atoms with Gasteiger partial charge in [0.25, 0.3) is 0 Å². The topological polar surface area (TPSA) is 88.2 Å². The van der Waals surface area contributed by atoms with E-state index in [1.165, 1.54) is 23.7 Å². The van der Waals surface area contributed by atoms with Crippen molar-refractivity contribution in [1.29, 1.82) is 0 Å². The van der Waals surface area contributed by atoms with Crippen molar-refractivity contribution in [3.05, 3.63) is 57.7 Å². The molecule has 118 valence electrons. The Bertz CT molecular complexity index is 854. The summed E-state index contributed by atoms with van der Waals surface area (Å²) in [6, 6.07) is 5.88. The van der Waals surface area contributed by atoms with E-state index in [1.54, 1.807) is 4.68 Å². The van der Waals surface area contributed by atoms with Gasteiger partial charge < -0.3 is 10.2 Å². The van der Waals surface area contributed by atoms with E-state index in [-0.39, 0.29) is 12.2 Å². The number of aliphatic hydroxyl groups is 1. The van der Waals surface area contributed by atoms with Crippen molar-refractivity contribution >= 4 is 17.3 Å². The molecule has 2 N–H and O–H groups in total. The normalized spacial score (nSPS) is 10.9. The molecule has 0 bridgehead atoms. The molecule has 2 aromatic heterocycles. The number of carbonyl (C=O) groups is 1. The van der Waals surface area contributed by atoms with E-state index in [0.29, 0.717) is 6.54 Å². The van der Waals surface area contributed by atoms with Crippen LogP contribution in [0.4, 0.5) is 0 Å². The molecule has 0 amide bonds. The second-order valence-electron chi connectivity index (χ2n) is 5.22. The first-order chi connectivity index (χ1) is 11.0. The summed E-state index contributed by atoms with van der Waals surface area (Å²) in [6.45, 7) is 2.40. The van der Waals surface area contributed by atoms with Crippen molar-refractivity contribution in [2.24, 2.45) is 0 Å². The van der Waals surface area contributed by atoms with Gasteiger partial charge in [-0.2, -0.15) is 5.10 Å². The summed E-state index contributed by atoms with van der Waals surface area (Å²) < 4.78 is 1.56. The fourth-order valence-electron chi connectivity index (χ4n) is 2.32. The van der Waals surface area contributed by atoms with Gasteiger partial charge in [-0.1, -0.05) is 11.6 Å². The van der Waals surface area contributed by atoms with Crippen LogP contribution < -0.4 is 0 Å². The lowest BCUT2D eigenvalue weighted by Gasteiger charge is -2.03. The van der Waals surface area contributed by atoms with Crippen LogP contribution in [0.3, 0.4) is 0 Å². The molecule has 0 atom stereocenters. The molecular formula is C16H15N3O3S. The van der Waals surface area contributed by atoms with Crippen LogP contribution in [-0.4, -0.2) is 30.9 Å². The second kappa shape index (κ2) is 6.31. The number of hydrogen-bond acceptors (Lipinski definition) is 5. The number of aromatic nitrogens is 3. The molecule has 7 heteroatoms. The van der Waals surface area contributed by atoms with Crippen molar-refractivity contribution in [2.75, 3.05) is 0 Å². The summed E-state index contributed by atoms with van der Waals surface area (Å²) in [5.74, 6) is -0.993. The molecule has 3 aromatic rings. The van der Waals surface area contributed by atoms with Crippen molar-refractivity contribution in [3.63, 3.8) is 0 Å². The van der Waals surface area contributed by atoms with Crippen molar-refractivity contribution in [3.8, 4) is 11.3 Å². The van der Waals surface area contributed by atoms with Crippen LogP contribution in [0.5, 0.6) is 0 Å². The standard InChI is InChI=1S/C16H15N3O3S/c1-10-2-11(8-20)4-12(3-10)14-9-23-15(18-14)7-19-6-13(5-17-19)16(21)22/h2-6,9,20H,7-8H2,1H3,(H,21,22). The molecule has 0 radical (unpaired) electrons. The maximum atomic E-state index is 10.9. The molecule has 6 nitrogen and oxygen atoms in total. The summed E-state index contributed by atoms with van der Waals surface area (Å²) in [5.41, 5.74) is 3.89. The average molecular weight is 329 g/mol. The van der Waals surface area contributed by atoms with Gasteiger partial charge in [0.05, 0.1) is 30.6 Å². The smallest absolute Gasteiger partial charge is 0.338 e. The third-order valence-electron chi connectivity index (χ3n) is 3.34. The molecular weight excluding hydrogens is 314 g/mol. The molecule has 1 aromatic carbocycles. The Hall–Kier alpha value is -2.51. The first-order valence-corrected chi connectivity index (χ1v) is 7.85. The van der Waals surface area contributed by atoms with Crippen LogP contribution >= 0.6 is 11.3 Å². The number of nitrogens with zero attached hydrogens (tertiary/aromatic N) is 3. The highest BCUT2D eigenvalue weighted by Gasteiger charge is 2.10. The van der Waals surface area contributed by atoms with Crippen LogP contribution in [0.25, 0.3) is 11.3 Å². The highest BCUT2D eigenvalue weighted by Crippen LogP contribution is 2.24. The minimum Gasteiger partial charge on any atom is -0.478 e. The third kappa shape index (κ3) is 3.46. The highest BCUT2D eigenvalue weighted by molar-refractivity contribution is 7.09. The van der Waals surface area contributed by atoms with E-state index in [4.69, 9.17) is 5.11 Å². The Labute approximate surface area is 136 Å². The van der Waals surface area contributed by atoms with Gasteiger partial charge in [-0.3, -0.25) is 4.68 Å². The Morgan fingerprint density at radius 1 is 1.35 bits per heavy atom. The maximum absolute atomic E-state index is 10.9. The monoisotopic (exact) mass is 329 g/mol. The molecule has 0 unspecified atom stereocenters. The fourth-order valence-corrected chi connectivity index (χ4v) is 3.11. The van der Waals surface area contributed by atoms with Crippen LogP contribution in [0.2, 0.25) is 0 Å². The van der Waals surface area contributed by atoms with Gasteiger partial charge in [0.15, 0.2) is 0 Å². The molecule has 2 heterocycles. The molecule has 0 fully saturated rings. The number of aromatic carboxylic acids is 1. The van der Waals surface area contributed by atoms with Crippen LogP contribution in [0.1, 0.15) is 26.5 Å². The highest BCUT2D eigenvalue weighted by atomic mass is 32.1. The molecule has 0 saturated heterocycles. The maximum Gasteiger partial charge on any atom is 0.338 e. The quantitative estimate of drug-likeness (QED) is 0.751. The van der Waals surface area contributed by atoms with Crippen LogP contribution in [-0.2, 0) is 13.2 Å². The van der Waals surface area contributed by atoms with E-state index in [2.05, 4.69) is 10.1 Å². The van der Waals surface area contributed by atoms with Gasteiger partial charge in [0, 0.05) is 17.1 Å². The number of rotatable bonds is 5. The number of benzene rings is 1. The van der Waals surface area contributed by atoms with E-state index in [0.717, 1.165) is 27.4 Å². The number of carboxylic acids is 1. The minimum absolute atomic E-state index is 0.00305. The zero-order valence-electron chi connectivity index (χ0n) is 12.4. The molecule has 3 rings (SSSR count). The Balaban J connectivity index is 1.82. The zero-order valence-corrected chi connectivity index (χ0v) is 13.2. The summed E-state index contributed by atoms with van der Waals surface area (Å²) >= 11 is 1.49. The first kappa shape index (κ1) is 15.4. The predicted molar refractivity (Wildman–Crippen MR) is 86.5 cm³/mol. The summed E-state index contributed by atoms with van der Waals surface area (Å²) in [7, 11) is 0. The predicted octanol–water partition coefficient (Wildman–Crippen LogP) is 2.55. The second-order valence-corrected chi connectivity index (χ2v) is 6.17. The molecule has 0 aliphatic rings. The molecule has 23 heavy (non-hydrogen) atoms. The minimum atomic E-state index is -0.993. The van der Waals surface area contributed by atoms with Gasteiger partial charge in [-0.05, 0) is 24.6 Å². The number of aliphatic hydroxyl groups excluding tert-OH is 1. The van der Waals surface area contributed by atoms with Crippen LogP contribution in [0, 0.1) is 6.92 Å². The van der Waals surface area contributed by atoms with Gasteiger partial charge in [0.2, 0.25) is 0 Å². The Morgan fingerprint density at radius 2 is 2.17 bits per heavy atom. The largest absolute Gasteiger partial charge is 0.478 e. The summed E-state index contributed by atoms with van der Waals surface area (Å²) in [4.78, 5) is 15.4. The lowest BCUT2D eigenvalue weighted by Crippen LogP contribution is -2.00. The summed E-state index contributed by atoms with van der Waals surface area (Å²) in [6.07, 6.45) is 2.81. The SMILES string of the molecule is Cc1cc(CO)cc(-c2csc(Cn3cc(C(=O)O)cn3)n2)c1. The fraction of sp³-hybridized carbons (Fsp3) is 0.188. The van der Waals surface area contributed by atoms with Crippen LogP contribution in [0.15, 0.2) is 36.0 Å². The Morgan fingerprint density at radius 3 is 2.87 bits per heavy atom. The van der Waals surface area contributed by atoms with E-state index in [9.17, 15) is 9.90 Å². The molecule has 0 aliphatic carbocycles. The number of hydrogen-bond donors (Lipinski definition) is 2. The van der Waals surface area contributed by atoms with E-state index < -0.39 is 5.97 Å². The van der Waals surface area contributed by atoms with Crippen molar-refractivity contribution in [1.82, 2.24) is 14.8 Å². The van der Waals surface area contributed by atoms with E-state index in [1.807, 2.05) is 30.5 Å². The van der Waals surface area contributed by atoms with Gasteiger partial charge in [-0.15, -0.1) is 11.3 Å². The third-order valence-corrected chi connectivity index (χ3v) is 4.18. The summed E-state index contributed by atoms with van der Waals surface area (Å²) in [5, 5.41) is 25.0. The van der Waals surface area contributed by atoms with Gasteiger partial charge in [0.1, 0.15) is 5.01 Å². The molecule has 0 saturated carbocycles. The van der Waals surface area contributed by atoms with E-state index >= 15 is 0 Å². The van der Waals surface area contributed by atoms with Gasteiger partial charge >= 0.3 is 5.97 Å². The number of thiazole rings is 1. The lowest BCUT2D eigenvalue weighted by molar-refractivity contribution is 0.0696. The number of aryl methyl sites for hydroxylation is 1. The Kier molecular flexibility index (Phi) is 4.22. The molecule has 0 aliphatic heterocycles. The van der Waals surface area contributed by atoms with Crippen molar-refractivity contribution < 1.29 is 15.0 Å². The number of carboxylic acid groups (broad SMARTS) is 1. The average Bonchev–Trinajstić information content (AvgIpc) is 3.16. The van der Waals surface area contributed by atoms with Gasteiger partial charge in [-0.25, -0.2) is 9.78 Å². The van der Waals surface area contributed by atoms with Crippen molar-refractivity contribution in [2.45, 2.75) is 20.1 Å². The zero-order chi connectivity index (χ0) is 16.4. The lowest BCUT2D eigenvalue weighted by atomic mass is 10.1. The first-order valence-electron chi connectivity index (χ1n) is 6.97.